The smallest absolute Gasteiger partial charge is 0.156 e. The third-order valence-corrected chi connectivity index (χ3v) is 2.87. The Morgan fingerprint density at radius 1 is 0.941 bits per heavy atom. The number of methoxy groups -OCH3 is 2. The van der Waals surface area contributed by atoms with Gasteiger partial charge in [-0.2, -0.15) is 0 Å². The standard InChI is InChI=1S/C13H18O4/c1-8-13(17-9(2)16-8)10-5-11(14-3)7-12(6-10)15-4/h5-9,13H,1-4H3/t8-,9-,13+/m0/s1. The molecule has 1 aromatic carbocycles. The summed E-state index contributed by atoms with van der Waals surface area (Å²) in [5.41, 5.74) is 1.01. The molecule has 0 unspecified atom stereocenters. The predicted octanol–water partition coefficient (Wildman–Crippen LogP) is 2.53. The molecule has 1 aliphatic rings. The van der Waals surface area contributed by atoms with Gasteiger partial charge in [0.05, 0.1) is 20.3 Å². The highest BCUT2D eigenvalue weighted by Gasteiger charge is 2.32. The van der Waals surface area contributed by atoms with Crippen molar-refractivity contribution < 1.29 is 18.9 Å². The molecule has 4 nitrogen and oxygen atoms in total. The van der Waals surface area contributed by atoms with Crippen LogP contribution in [0.5, 0.6) is 11.5 Å². The molecule has 0 bridgehead atoms. The van der Waals surface area contributed by atoms with Gasteiger partial charge in [0.1, 0.15) is 17.6 Å². The van der Waals surface area contributed by atoms with Gasteiger partial charge < -0.3 is 18.9 Å². The molecule has 0 spiro atoms. The third kappa shape index (κ3) is 2.53. The topological polar surface area (TPSA) is 36.9 Å². The van der Waals surface area contributed by atoms with Crippen LogP contribution in [0.1, 0.15) is 25.5 Å². The van der Waals surface area contributed by atoms with E-state index in [0.717, 1.165) is 17.1 Å². The molecule has 0 aliphatic carbocycles. The number of hydrogen-bond donors (Lipinski definition) is 0. The van der Waals surface area contributed by atoms with Crippen molar-refractivity contribution in [2.24, 2.45) is 0 Å². The molecule has 0 saturated carbocycles. The van der Waals surface area contributed by atoms with Crippen molar-refractivity contribution in [2.75, 3.05) is 14.2 Å². The minimum absolute atomic E-state index is 0.0295. The first-order chi connectivity index (χ1) is 8.13. The maximum absolute atomic E-state index is 5.73. The molecule has 1 heterocycles. The Labute approximate surface area is 101 Å². The van der Waals surface area contributed by atoms with Crippen molar-refractivity contribution >= 4 is 0 Å². The van der Waals surface area contributed by atoms with Gasteiger partial charge in [0, 0.05) is 6.07 Å². The molecule has 1 aliphatic heterocycles. The lowest BCUT2D eigenvalue weighted by Crippen LogP contribution is -2.10. The lowest BCUT2D eigenvalue weighted by molar-refractivity contribution is -0.0495. The van der Waals surface area contributed by atoms with E-state index >= 15 is 0 Å². The van der Waals surface area contributed by atoms with Gasteiger partial charge in [0.15, 0.2) is 6.29 Å². The van der Waals surface area contributed by atoms with E-state index in [1.807, 2.05) is 32.0 Å². The fourth-order valence-electron chi connectivity index (χ4n) is 2.07. The highest BCUT2D eigenvalue weighted by molar-refractivity contribution is 5.39. The van der Waals surface area contributed by atoms with Crippen molar-refractivity contribution in [3.63, 3.8) is 0 Å². The summed E-state index contributed by atoms with van der Waals surface area (Å²) in [7, 11) is 3.27. The van der Waals surface area contributed by atoms with E-state index in [1.165, 1.54) is 0 Å². The molecule has 17 heavy (non-hydrogen) atoms. The Morgan fingerprint density at radius 2 is 1.53 bits per heavy atom. The fourth-order valence-corrected chi connectivity index (χ4v) is 2.07. The predicted molar refractivity (Wildman–Crippen MR) is 63.4 cm³/mol. The second-order valence-corrected chi connectivity index (χ2v) is 4.11. The first-order valence-corrected chi connectivity index (χ1v) is 5.68. The van der Waals surface area contributed by atoms with Crippen LogP contribution in [0.25, 0.3) is 0 Å². The average molecular weight is 238 g/mol. The zero-order valence-corrected chi connectivity index (χ0v) is 10.6. The van der Waals surface area contributed by atoms with Crippen LogP contribution in [0.15, 0.2) is 18.2 Å². The largest absolute Gasteiger partial charge is 0.497 e. The summed E-state index contributed by atoms with van der Waals surface area (Å²) >= 11 is 0. The zero-order valence-electron chi connectivity index (χ0n) is 10.6. The molecule has 4 heteroatoms. The first kappa shape index (κ1) is 12.2. The van der Waals surface area contributed by atoms with Crippen molar-refractivity contribution in [1.82, 2.24) is 0 Å². The van der Waals surface area contributed by atoms with Crippen molar-refractivity contribution in [3.05, 3.63) is 23.8 Å². The second-order valence-electron chi connectivity index (χ2n) is 4.11. The van der Waals surface area contributed by atoms with E-state index in [0.29, 0.717) is 0 Å². The van der Waals surface area contributed by atoms with E-state index in [9.17, 15) is 0 Å². The van der Waals surface area contributed by atoms with E-state index in [-0.39, 0.29) is 18.5 Å². The SMILES string of the molecule is COc1cc(OC)cc([C@@H]2O[C@@H](C)O[C@H]2C)c1. The lowest BCUT2D eigenvalue weighted by atomic mass is 10.0. The van der Waals surface area contributed by atoms with Crippen LogP contribution in [0.2, 0.25) is 0 Å². The van der Waals surface area contributed by atoms with Crippen LogP contribution in [0.4, 0.5) is 0 Å². The fraction of sp³-hybridized carbons (Fsp3) is 0.538. The van der Waals surface area contributed by atoms with Crippen molar-refractivity contribution in [2.45, 2.75) is 32.3 Å². The molecule has 1 aromatic rings. The Kier molecular flexibility index (Phi) is 3.54. The van der Waals surface area contributed by atoms with Gasteiger partial charge in [0.25, 0.3) is 0 Å². The first-order valence-electron chi connectivity index (χ1n) is 5.68. The molecule has 2 rings (SSSR count). The van der Waals surface area contributed by atoms with Gasteiger partial charge in [-0.3, -0.25) is 0 Å². The normalized spacial score (nSPS) is 28.1. The molecule has 3 atom stereocenters. The van der Waals surface area contributed by atoms with E-state index in [2.05, 4.69) is 0 Å². The van der Waals surface area contributed by atoms with Gasteiger partial charge in [-0.15, -0.1) is 0 Å². The van der Waals surface area contributed by atoms with Crippen LogP contribution in [0.3, 0.4) is 0 Å². The maximum Gasteiger partial charge on any atom is 0.156 e. The summed E-state index contributed by atoms with van der Waals surface area (Å²) in [5, 5.41) is 0. The third-order valence-electron chi connectivity index (χ3n) is 2.87. The minimum atomic E-state index is -0.174. The van der Waals surface area contributed by atoms with E-state index in [1.54, 1.807) is 14.2 Å². The molecule has 0 N–H and O–H groups in total. The monoisotopic (exact) mass is 238 g/mol. The quantitative estimate of drug-likeness (QED) is 0.810. The van der Waals surface area contributed by atoms with Crippen molar-refractivity contribution in [1.29, 1.82) is 0 Å². The highest BCUT2D eigenvalue weighted by atomic mass is 16.7. The summed E-state index contributed by atoms with van der Waals surface area (Å²) in [5.74, 6) is 1.52. The van der Waals surface area contributed by atoms with Gasteiger partial charge in [-0.1, -0.05) is 0 Å². The maximum atomic E-state index is 5.73. The van der Waals surface area contributed by atoms with Gasteiger partial charge in [0.2, 0.25) is 0 Å². The minimum Gasteiger partial charge on any atom is -0.497 e. The molecule has 0 amide bonds. The van der Waals surface area contributed by atoms with Gasteiger partial charge in [-0.05, 0) is 31.5 Å². The van der Waals surface area contributed by atoms with Crippen LogP contribution < -0.4 is 9.47 Å². The second kappa shape index (κ2) is 4.94. The Hall–Kier alpha value is -1.26. The summed E-state index contributed by atoms with van der Waals surface area (Å²) in [6.07, 6.45) is -0.219. The highest BCUT2D eigenvalue weighted by Crippen LogP contribution is 2.35. The van der Waals surface area contributed by atoms with Gasteiger partial charge in [-0.25, -0.2) is 0 Å². The van der Waals surface area contributed by atoms with E-state index in [4.69, 9.17) is 18.9 Å². The molecular formula is C13H18O4. The molecular weight excluding hydrogens is 220 g/mol. The van der Waals surface area contributed by atoms with Crippen molar-refractivity contribution in [3.8, 4) is 11.5 Å². The Balaban J connectivity index is 2.31. The number of benzene rings is 1. The van der Waals surface area contributed by atoms with Crippen LogP contribution >= 0.6 is 0 Å². The van der Waals surface area contributed by atoms with Crippen LogP contribution in [0, 0.1) is 0 Å². The Morgan fingerprint density at radius 3 is 1.94 bits per heavy atom. The summed E-state index contributed by atoms with van der Waals surface area (Å²) in [6, 6.07) is 5.74. The molecule has 1 fully saturated rings. The number of hydrogen-bond acceptors (Lipinski definition) is 4. The zero-order chi connectivity index (χ0) is 12.4. The van der Waals surface area contributed by atoms with Crippen LogP contribution in [-0.4, -0.2) is 26.6 Å². The number of ether oxygens (including phenoxy) is 4. The van der Waals surface area contributed by atoms with Gasteiger partial charge >= 0.3 is 0 Å². The molecule has 1 saturated heterocycles. The lowest BCUT2D eigenvalue weighted by Gasteiger charge is -2.15. The average Bonchev–Trinajstić information content (AvgIpc) is 2.67. The molecule has 94 valence electrons. The molecule has 0 aromatic heterocycles. The summed E-state index contributed by atoms with van der Waals surface area (Å²) in [6.45, 7) is 3.90. The summed E-state index contributed by atoms with van der Waals surface area (Å²) in [4.78, 5) is 0. The summed E-state index contributed by atoms with van der Waals surface area (Å²) < 4.78 is 21.8. The number of rotatable bonds is 3. The van der Waals surface area contributed by atoms with Crippen LogP contribution in [-0.2, 0) is 9.47 Å². The molecule has 0 radical (unpaired) electrons. The Bertz CT molecular complexity index is 369. The van der Waals surface area contributed by atoms with E-state index < -0.39 is 0 Å².